The summed E-state index contributed by atoms with van der Waals surface area (Å²) in [5, 5.41) is 0. The van der Waals surface area contributed by atoms with E-state index >= 15 is 0 Å². The minimum absolute atomic E-state index is 0.0152. The minimum atomic E-state index is -3.96. The number of ether oxygens (including phenoxy) is 2. The van der Waals surface area contributed by atoms with Crippen molar-refractivity contribution in [3.05, 3.63) is 42.0 Å². The minimum Gasteiger partial charge on any atom is -0.492 e. The Morgan fingerprint density at radius 3 is 2.35 bits per heavy atom. The average Bonchev–Trinajstić information content (AvgIpc) is 3.38. The second-order valence-electron chi connectivity index (χ2n) is 7.71. The molecule has 8 nitrogen and oxygen atoms in total. The van der Waals surface area contributed by atoms with Crippen LogP contribution in [-0.4, -0.2) is 46.9 Å². The Bertz CT molecular complexity index is 1170. The van der Waals surface area contributed by atoms with Crippen molar-refractivity contribution >= 4 is 25.7 Å². The Labute approximate surface area is 183 Å². The quantitative estimate of drug-likeness (QED) is 0.673. The van der Waals surface area contributed by atoms with Gasteiger partial charge in [0.2, 0.25) is 10.0 Å². The molecule has 2 heterocycles. The molecule has 10 heteroatoms. The first-order valence-corrected chi connectivity index (χ1v) is 13.2. The number of fused-ring (bicyclic) bond motifs is 1. The lowest BCUT2D eigenvalue weighted by Gasteiger charge is -2.16. The third-order valence-electron chi connectivity index (χ3n) is 5.38. The zero-order valence-corrected chi connectivity index (χ0v) is 19.1. The number of hydrogen-bond acceptors (Lipinski definition) is 6. The molecule has 0 bridgehead atoms. The highest BCUT2D eigenvalue weighted by atomic mass is 32.2. The van der Waals surface area contributed by atoms with E-state index in [-0.39, 0.29) is 21.6 Å². The van der Waals surface area contributed by atoms with E-state index in [2.05, 4.69) is 4.72 Å². The van der Waals surface area contributed by atoms with E-state index in [4.69, 9.17) is 9.47 Å². The summed E-state index contributed by atoms with van der Waals surface area (Å²) in [6.07, 6.45) is 2.42. The summed E-state index contributed by atoms with van der Waals surface area (Å²) in [6, 6.07) is 8.70. The van der Waals surface area contributed by atoms with Crippen LogP contribution in [0.15, 0.2) is 46.2 Å². The topological polar surface area (TPSA) is 102 Å². The molecule has 2 aromatic carbocycles. The van der Waals surface area contributed by atoms with Crippen molar-refractivity contribution in [2.45, 2.75) is 49.0 Å². The summed E-state index contributed by atoms with van der Waals surface area (Å²) in [7, 11) is -7.56. The highest BCUT2D eigenvalue weighted by molar-refractivity contribution is 7.92. The van der Waals surface area contributed by atoms with Gasteiger partial charge in [-0.15, -0.1) is 0 Å². The fraction of sp³-hybridized carbons (Fsp3) is 0.429. The molecule has 0 saturated carbocycles. The smallest absolute Gasteiger partial charge is 0.262 e. The molecular weight excluding hydrogens is 440 g/mol. The number of anilines is 1. The molecule has 1 N–H and O–H groups in total. The summed E-state index contributed by atoms with van der Waals surface area (Å²) < 4.78 is 66.6. The summed E-state index contributed by atoms with van der Waals surface area (Å²) in [4.78, 5) is 0.0494. The Kier molecular flexibility index (Phi) is 5.89. The maximum atomic E-state index is 13.0. The van der Waals surface area contributed by atoms with Gasteiger partial charge in [-0.3, -0.25) is 4.72 Å². The largest absolute Gasteiger partial charge is 0.492 e. The van der Waals surface area contributed by atoms with Gasteiger partial charge in [0.25, 0.3) is 10.0 Å². The van der Waals surface area contributed by atoms with E-state index in [0.29, 0.717) is 31.2 Å². The fourth-order valence-corrected chi connectivity index (χ4v) is 6.44. The second-order valence-corrected chi connectivity index (χ2v) is 11.3. The van der Waals surface area contributed by atoms with Crippen LogP contribution < -0.4 is 14.2 Å². The van der Waals surface area contributed by atoms with Gasteiger partial charge >= 0.3 is 0 Å². The van der Waals surface area contributed by atoms with Crippen molar-refractivity contribution < 1.29 is 26.3 Å². The predicted molar refractivity (Wildman–Crippen MR) is 117 cm³/mol. The van der Waals surface area contributed by atoms with Crippen LogP contribution in [0, 0.1) is 0 Å². The van der Waals surface area contributed by atoms with E-state index in [1.807, 2.05) is 13.8 Å². The number of sulfonamides is 2. The van der Waals surface area contributed by atoms with E-state index in [1.165, 1.54) is 28.6 Å². The van der Waals surface area contributed by atoms with Gasteiger partial charge in [-0.1, -0.05) is 0 Å². The van der Waals surface area contributed by atoms with Crippen LogP contribution in [0.2, 0.25) is 0 Å². The predicted octanol–water partition coefficient (Wildman–Crippen LogP) is 2.99. The first-order valence-electron chi connectivity index (χ1n) is 10.3. The summed E-state index contributed by atoms with van der Waals surface area (Å²) >= 11 is 0. The molecule has 1 unspecified atom stereocenters. The Hall–Kier alpha value is -2.30. The van der Waals surface area contributed by atoms with Gasteiger partial charge in [0, 0.05) is 31.1 Å². The molecule has 1 atom stereocenters. The molecule has 0 aliphatic carbocycles. The molecule has 0 radical (unpaired) electrons. The fourth-order valence-electron chi connectivity index (χ4n) is 3.87. The van der Waals surface area contributed by atoms with Gasteiger partial charge in [0.05, 0.1) is 22.1 Å². The van der Waals surface area contributed by atoms with Crippen LogP contribution in [0.5, 0.6) is 11.5 Å². The normalized spacial score (nSPS) is 19.1. The molecule has 31 heavy (non-hydrogen) atoms. The average molecular weight is 467 g/mol. The lowest BCUT2D eigenvalue weighted by Crippen LogP contribution is -2.27. The summed E-state index contributed by atoms with van der Waals surface area (Å²) in [5.41, 5.74) is 1.25. The maximum absolute atomic E-state index is 13.0. The van der Waals surface area contributed by atoms with Crippen molar-refractivity contribution in [1.29, 1.82) is 0 Å². The van der Waals surface area contributed by atoms with Gasteiger partial charge in [-0.25, -0.2) is 16.8 Å². The molecule has 2 aliphatic heterocycles. The van der Waals surface area contributed by atoms with Crippen LogP contribution >= 0.6 is 0 Å². The molecule has 1 saturated heterocycles. The van der Waals surface area contributed by atoms with Crippen LogP contribution in [-0.2, 0) is 26.5 Å². The summed E-state index contributed by atoms with van der Waals surface area (Å²) in [5.74, 6) is 1.05. The second kappa shape index (κ2) is 8.33. The third-order valence-corrected chi connectivity index (χ3v) is 8.67. The lowest BCUT2D eigenvalue weighted by molar-refractivity contribution is 0.254. The van der Waals surface area contributed by atoms with Gasteiger partial charge in [-0.05, 0) is 57.0 Å². The Balaban J connectivity index is 1.60. The zero-order valence-electron chi connectivity index (χ0n) is 17.5. The van der Waals surface area contributed by atoms with Gasteiger partial charge < -0.3 is 9.47 Å². The number of rotatable bonds is 7. The monoisotopic (exact) mass is 466 g/mol. The lowest BCUT2D eigenvalue weighted by atomic mass is 10.1. The van der Waals surface area contributed by atoms with Crippen molar-refractivity contribution in [3.63, 3.8) is 0 Å². The first kappa shape index (κ1) is 21.9. The van der Waals surface area contributed by atoms with Crippen LogP contribution in [0.25, 0.3) is 0 Å². The van der Waals surface area contributed by atoms with Crippen molar-refractivity contribution in [1.82, 2.24) is 4.31 Å². The molecular formula is C21H26N2O6S2. The summed E-state index contributed by atoms with van der Waals surface area (Å²) in [6.45, 7) is 5.13. The first-order chi connectivity index (χ1) is 14.7. The Morgan fingerprint density at radius 2 is 1.71 bits per heavy atom. The van der Waals surface area contributed by atoms with E-state index < -0.39 is 20.0 Å². The molecule has 2 aliphatic rings. The van der Waals surface area contributed by atoms with Crippen LogP contribution in [0.3, 0.4) is 0 Å². The SMILES string of the molecule is CCOc1cc2c(cc1NS(=O)(=O)c1ccc(S(=O)(=O)N3CCCC3)cc1)OC(C)C2. The van der Waals surface area contributed by atoms with Gasteiger partial charge in [-0.2, -0.15) is 4.31 Å². The van der Waals surface area contributed by atoms with E-state index in [9.17, 15) is 16.8 Å². The van der Waals surface area contributed by atoms with Crippen LogP contribution in [0.4, 0.5) is 5.69 Å². The molecule has 0 spiro atoms. The highest BCUT2D eigenvalue weighted by Crippen LogP contribution is 2.39. The number of nitrogens with zero attached hydrogens (tertiary/aromatic N) is 1. The molecule has 0 amide bonds. The zero-order chi connectivity index (χ0) is 22.2. The van der Waals surface area contributed by atoms with Gasteiger partial charge in [0.1, 0.15) is 17.6 Å². The number of nitrogens with one attached hydrogen (secondary N) is 1. The number of hydrogen-bond donors (Lipinski definition) is 1. The standard InChI is InChI=1S/C21H26N2O6S2/c1-3-28-21-13-16-12-15(2)29-20(16)14-19(21)22-30(24,25)17-6-8-18(9-7-17)31(26,27)23-10-4-5-11-23/h6-9,13-15,22H,3-5,10-12H2,1-2H3. The van der Waals surface area contributed by atoms with Crippen molar-refractivity contribution in [2.75, 3.05) is 24.4 Å². The Morgan fingerprint density at radius 1 is 1.06 bits per heavy atom. The molecule has 0 aromatic heterocycles. The van der Waals surface area contributed by atoms with Crippen molar-refractivity contribution in [2.24, 2.45) is 0 Å². The molecule has 168 valence electrons. The maximum Gasteiger partial charge on any atom is 0.262 e. The van der Waals surface area contributed by atoms with Crippen LogP contribution in [0.1, 0.15) is 32.3 Å². The molecule has 2 aromatic rings. The van der Waals surface area contributed by atoms with Gasteiger partial charge in [0.15, 0.2) is 0 Å². The third kappa shape index (κ3) is 4.37. The molecule has 1 fully saturated rings. The highest BCUT2D eigenvalue weighted by Gasteiger charge is 2.28. The van der Waals surface area contributed by atoms with Crippen molar-refractivity contribution in [3.8, 4) is 11.5 Å². The number of benzene rings is 2. The van der Waals surface area contributed by atoms with E-state index in [1.54, 1.807) is 12.1 Å². The molecule has 4 rings (SSSR count). The van der Waals surface area contributed by atoms with E-state index in [0.717, 1.165) is 24.8 Å².